The Hall–Kier alpha value is -9.12. The summed E-state index contributed by atoms with van der Waals surface area (Å²) in [5, 5.41) is 24.3. The van der Waals surface area contributed by atoms with E-state index in [4.69, 9.17) is 18.9 Å². The monoisotopic (exact) mass is 1040 g/mol. The Balaban J connectivity index is 0.913. The molecule has 3 aliphatic heterocycles. The van der Waals surface area contributed by atoms with E-state index in [2.05, 4.69) is 5.32 Å². The Morgan fingerprint density at radius 3 is 1.49 bits per heavy atom. The number of ether oxygens (including phenoxy) is 4. The largest absolute Gasteiger partial charge is 0.480 e. The van der Waals surface area contributed by atoms with Crippen molar-refractivity contribution in [3.8, 4) is 0 Å². The van der Waals surface area contributed by atoms with Crippen LogP contribution in [0, 0.1) is 0 Å². The molecule has 1 saturated carbocycles. The van der Waals surface area contributed by atoms with Crippen LogP contribution in [0.4, 0.5) is 22.7 Å². The third-order valence-electron chi connectivity index (χ3n) is 11.4. The predicted octanol–water partition coefficient (Wildman–Crippen LogP) is 6.85. The lowest BCUT2D eigenvalue weighted by Gasteiger charge is -2.46. The standard InChI is InChI=1S/C52H42N4O16S2/c57-43(53-35-19-7-1-8-20-35)39(44(58)54(73(65)66)36-21-9-2-10-22-36)27-15-5-17-29-41-47(61)69-51(70-48(41)62)31-33-52(34-32-51)71-49(63)42(50(64)72-52)30-18-6-16-28-40-45(59)55(37-23-11-3-12-24-37)74(67,68)56(46(40)60)38-25-13-4-14-26-38/h1-30,61,63H,31-34H2,(H,53,57)(H,65,66)/b15-5+,16-6+,29-17+,30-18+,39-27+. The summed E-state index contributed by atoms with van der Waals surface area (Å²) >= 11 is -2.87. The molecule has 2 fully saturated rings. The molecule has 74 heavy (non-hydrogen) atoms. The highest BCUT2D eigenvalue weighted by Gasteiger charge is 2.55. The van der Waals surface area contributed by atoms with E-state index in [9.17, 15) is 56.2 Å². The van der Waals surface area contributed by atoms with Crippen LogP contribution < -0.4 is 18.2 Å². The van der Waals surface area contributed by atoms with Crippen LogP contribution in [0.15, 0.2) is 216 Å². The van der Waals surface area contributed by atoms with E-state index in [-0.39, 0.29) is 42.7 Å². The molecule has 1 unspecified atom stereocenters. The molecule has 1 aliphatic carbocycles. The summed E-state index contributed by atoms with van der Waals surface area (Å²) in [5.74, 6) is -11.2. The van der Waals surface area contributed by atoms with Crippen molar-refractivity contribution in [1.82, 2.24) is 0 Å². The highest BCUT2D eigenvalue weighted by Crippen LogP contribution is 2.46. The fourth-order valence-corrected chi connectivity index (χ4v) is 9.95. The molecular weight excluding hydrogens is 1000 g/mol. The van der Waals surface area contributed by atoms with Gasteiger partial charge < -0.3 is 34.5 Å². The van der Waals surface area contributed by atoms with Crippen LogP contribution in [0.25, 0.3) is 0 Å². The summed E-state index contributed by atoms with van der Waals surface area (Å²) in [7, 11) is -4.70. The molecule has 0 aromatic heterocycles. The van der Waals surface area contributed by atoms with Gasteiger partial charge in [-0.1, -0.05) is 109 Å². The van der Waals surface area contributed by atoms with Crippen molar-refractivity contribution in [2.45, 2.75) is 37.3 Å². The number of anilines is 4. The summed E-state index contributed by atoms with van der Waals surface area (Å²) in [6, 6.07) is 30.7. The van der Waals surface area contributed by atoms with Crippen molar-refractivity contribution in [3.05, 3.63) is 216 Å². The fraction of sp³-hybridized carbons (Fsp3) is 0.115. The van der Waals surface area contributed by atoms with Crippen molar-refractivity contribution in [3.63, 3.8) is 0 Å². The fourth-order valence-electron chi connectivity index (χ4n) is 7.85. The van der Waals surface area contributed by atoms with Crippen LogP contribution in [0.2, 0.25) is 0 Å². The Bertz CT molecular complexity index is 3220. The Morgan fingerprint density at radius 1 is 0.608 bits per heavy atom. The zero-order valence-corrected chi connectivity index (χ0v) is 40.1. The predicted molar refractivity (Wildman–Crippen MR) is 267 cm³/mol. The van der Waals surface area contributed by atoms with Gasteiger partial charge in [-0.15, -0.1) is 0 Å². The number of para-hydroxylation sites is 4. The number of aliphatic hydroxyl groups is 2. The van der Waals surface area contributed by atoms with Crippen molar-refractivity contribution < 1.29 is 75.1 Å². The summed E-state index contributed by atoms with van der Waals surface area (Å²) in [4.78, 5) is 80.6. The zero-order chi connectivity index (χ0) is 52.6. The second-order valence-corrected chi connectivity index (χ2v) is 18.6. The number of nitrogens with zero attached hydrogens (tertiary/aromatic N) is 3. The van der Waals surface area contributed by atoms with Gasteiger partial charge in [0.2, 0.25) is 0 Å². The average Bonchev–Trinajstić information content (AvgIpc) is 3.38. The van der Waals surface area contributed by atoms with Gasteiger partial charge in [0.15, 0.2) is 0 Å². The molecule has 378 valence electrons. The van der Waals surface area contributed by atoms with E-state index in [1.165, 1.54) is 109 Å². The number of aliphatic hydroxyl groups excluding tert-OH is 2. The highest BCUT2D eigenvalue weighted by molar-refractivity contribution is 7.96. The zero-order valence-electron chi connectivity index (χ0n) is 38.5. The number of hydrogen-bond donors (Lipinski definition) is 4. The lowest BCUT2D eigenvalue weighted by atomic mass is 9.87. The SMILES string of the molecule is O=C1OC2(CCC3(CC2)OC(=O)C(/C=C/C=C/C=C(\C(=O)Nc2ccccc2)C(=O)N(c2ccccc2)S(=O)O)=C(O)O3)OC(O)=C1/C=C/C=C/C=C1C(=O)N(c2ccccc2)S(=O)(=O)N(c2ccccc2)C1=O. The number of esters is 2. The first kappa shape index (κ1) is 51.2. The molecule has 4 N–H and O–H groups in total. The lowest BCUT2D eigenvalue weighted by Crippen LogP contribution is -2.57. The van der Waals surface area contributed by atoms with Crippen LogP contribution >= 0.6 is 0 Å². The third kappa shape index (κ3) is 10.9. The molecule has 1 atom stereocenters. The van der Waals surface area contributed by atoms with Crippen LogP contribution in [-0.4, -0.2) is 74.5 Å². The van der Waals surface area contributed by atoms with E-state index in [1.54, 1.807) is 48.5 Å². The minimum atomic E-state index is -4.70. The quantitative estimate of drug-likeness (QED) is 0.0266. The molecule has 3 heterocycles. The van der Waals surface area contributed by atoms with Crippen LogP contribution in [0.1, 0.15) is 25.7 Å². The first-order valence-electron chi connectivity index (χ1n) is 22.3. The molecule has 4 amide bonds. The minimum absolute atomic E-state index is 0.000871. The Morgan fingerprint density at radius 2 is 1.04 bits per heavy atom. The van der Waals surface area contributed by atoms with Gasteiger partial charge in [0.25, 0.3) is 58.4 Å². The molecule has 0 radical (unpaired) electrons. The molecule has 4 aromatic rings. The topological polar surface area (TPSA) is 273 Å². The summed E-state index contributed by atoms with van der Waals surface area (Å²) in [5.41, 5.74) is -1.43. The second-order valence-electron chi connectivity index (χ2n) is 16.2. The first-order valence-corrected chi connectivity index (χ1v) is 24.7. The van der Waals surface area contributed by atoms with E-state index in [0.717, 1.165) is 24.3 Å². The normalized spacial score (nSPS) is 19.0. The van der Waals surface area contributed by atoms with Gasteiger partial charge in [0, 0.05) is 31.4 Å². The Labute approximate surface area is 425 Å². The molecule has 4 aromatic carbocycles. The molecule has 4 aliphatic rings. The van der Waals surface area contributed by atoms with Crippen LogP contribution in [0.3, 0.4) is 0 Å². The smallest absolute Gasteiger partial charge is 0.348 e. The molecule has 1 saturated heterocycles. The number of rotatable bonds is 13. The summed E-state index contributed by atoms with van der Waals surface area (Å²) in [6.07, 6.45) is 11.5. The molecule has 2 spiro atoms. The van der Waals surface area contributed by atoms with Gasteiger partial charge in [-0.2, -0.15) is 17.0 Å². The van der Waals surface area contributed by atoms with Crippen molar-refractivity contribution in [2.75, 3.05) is 18.2 Å². The van der Waals surface area contributed by atoms with E-state index in [1.807, 2.05) is 0 Å². The number of benzene rings is 4. The van der Waals surface area contributed by atoms with Gasteiger partial charge >= 0.3 is 22.1 Å². The summed E-state index contributed by atoms with van der Waals surface area (Å²) < 4.78 is 73.9. The van der Waals surface area contributed by atoms with Crippen LogP contribution in [-0.2, 0) is 69.2 Å². The molecular formula is C52H42N4O16S2. The summed E-state index contributed by atoms with van der Waals surface area (Å²) in [6.45, 7) is 0. The van der Waals surface area contributed by atoms with Gasteiger partial charge in [-0.3, -0.25) is 23.7 Å². The molecule has 22 heteroatoms. The van der Waals surface area contributed by atoms with Gasteiger partial charge in [0.1, 0.15) is 22.3 Å². The van der Waals surface area contributed by atoms with E-state index < -0.39 is 103 Å². The highest BCUT2D eigenvalue weighted by atomic mass is 32.2. The number of carbonyl (C=O) groups excluding carboxylic acids is 6. The van der Waals surface area contributed by atoms with Crippen molar-refractivity contribution in [1.29, 1.82) is 0 Å². The van der Waals surface area contributed by atoms with Gasteiger partial charge in [-0.05, 0) is 72.8 Å². The number of hydrogen-bond acceptors (Lipinski definition) is 15. The van der Waals surface area contributed by atoms with Crippen LogP contribution in [0.5, 0.6) is 0 Å². The number of amides is 4. The number of carbonyl (C=O) groups is 6. The Kier molecular flexibility index (Phi) is 15.0. The first-order chi connectivity index (χ1) is 35.5. The number of nitrogens with one attached hydrogen (secondary N) is 1. The number of allylic oxidation sites excluding steroid dienone is 8. The van der Waals surface area contributed by atoms with Gasteiger partial charge in [0.05, 0.1) is 17.1 Å². The second kappa shape index (κ2) is 21.7. The third-order valence-corrected chi connectivity index (χ3v) is 13.8. The lowest BCUT2D eigenvalue weighted by molar-refractivity contribution is -0.302. The maximum absolute atomic E-state index is 13.7. The van der Waals surface area contributed by atoms with Crippen molar-refractivity contribution in [2.24, 2.45) is 0 Å². The molecule has 20 nitrogen and oxygen atoms in total. The van der Waals surface area contributed by atoms with Gasteiger partial charge in [-0.25, -0.2) is 18.1 Å². The minimum Gasteiger partial charge on any atom is -0.480 e. The van der Waals surface area contributed by atoms with Crippen molar-refractivity contribution >= 4 is 79.8 Å². The average molecular weight is 1040 g/mol. The molecule has 0 bridgehead atoms. The maximum atomic E-state index is 13.7. The molecule has 8 rings (SSSR count). The van der Waals surface area contributed by atoms with E-state index >= 15 is 0 Å². The maximum Gasteiger partial charge on any atom is 0.348 e. The van der Waals surface area contributed by atoms with E-state index in [0.29, 0.717) is 18.6 Å².